The zero-order valence-corrected chi connectivity index (χ0v) is 13.5. The predicted octanol–water partition coefficient (Wildman–Crippen LogP) is 4.59. The van der Waals surface area contributed by atoms with Crippen LogP contribution in [0.25, 0.3) is 0 Å². The van der Waals surface area contributed by atoms with Gasteiger partial charge in [-0.05, 0) is 30.2 Å². The number of thioether (sulfide) groups is 1. The number of rotatable bonds is 3. The molecule has 1 heterocycles. The van der Waals surface area contributed by atoms with Gasteiger partial charge in [0.05, 0.1) is 0 Å². The van der Waals surface area contributed by atoms with Crippen LogP contribution in [-0.4, -0.2) is 0 Å². The van der Waals surface area contributed by atoms with Gasteiger partial charge in [-0.1, -0.05) is 41.0 Å². The summed E-state index contributed by atoms with van der Waals surface area (Å²) in [5.41, 5.74) is 3.70. The third kappa shape index (κ3) is 3.46. The van der Waals surface area contributed by atoms with Gasteiger partial charge in [-0.2, -0.15) is 5.26 Å². The zero-order valence-electron chi connectivity index (χ0n) is 11.1. The number of halogens is 2. The van der Waals surface area contributed by atoms with Gasteiger partial charge >= 0.3 is 0 Å². The van der Waals surface area contributed by atoms with Crippen molar-refractivity contribution >= 4 is 35.0 Å². The topological polar surface area (TPSA) is 37.9 Å². The van der Waals surface area contributed by atoms with Crippen molar-refractivity contribution in [3.63, 3.8) is 0 Å². The molecule has 0 unspecified atom stereocenters. The van der Waals surface area contributed by atoms with Crippen molar-refractivity contribution in [3.8, 4) is 6.07 Å². The predicted molar refractivity (Wildman–Crippen MR) is 83.2 cm³/mol. The molecule has 1 aromatic heterocycles. The molecule has 0 bridgehead atoms. The maximum atomic E-state index is 9.25. The molecule has 1 aromatic carbocycles. The van der Waals surface area contributed by atoms with Crippen LogP contribution in [0.1, 0.15) is 22.4 Å². The summed E-state index contributed by atoms with van der Waals surface area (Å²) in [5, 5.41) is 11.4. The molecule has 20 heavy (non-hydrogen) atoms. The summed E-state index contributed by atoms with van der Waals surface area (Å²) in [7, 11) is 0. The summed E-state index contributed by atoms with van der Waals surface area (Å²) >= 11 is 13.6. The first-order chi connectivity index (χ1) is 9.51. The third-order valence-corrected chi connectivity index (χ3v) is 4.50. The summed E-state index contributed by atoms with van der Waals surface area (Å²) in [4.78, 5) is 3.24. The van der Waals surface area contributed by atoms with Crippen LogP contribution in [0.4, 0.5) is 0 Å². The summed E-state index contributed by atoms with van der Waals surface area (Å²) in [6.45, 7) is 3.92. The zero-order chi connectivity index (χ0) is 14.7. The minimum atomic E-state index is 0.624. The van der Waals surface area contributed by atoms with E-state index < -0.39 is 0 Å². The number of hydrogen-bond acceptors (Lipinski definition) is 2. The van der Waals surface area contributed by atoms with Gasteiger partial charge in [0, 0.05) is 28.8 Å². The van der Waals surface area contributed by atoms with Gasteiger partial charge in [0.1, 0.15) is 11.6 Å². The number of benzene rings is 1. The Hall–Kier alpha value is -1.21. The van der Waals surface area contributed by atoms with Gasteiger partial charge < -0.3 is 0 Å². The third-order valence-electron chi connectivity index (χ3n) is 2.86. The van der Waals surface area contributed by atoms with E-state index in [1.807, 2.05) is 32.0 Å². The minimum Gasteiger partial charge on any atom is -0.202 e. The Morgan fingerprint density at radius 2 is 2.00 bits per heavy atom. The normalized spacial score (nSPS) is 10.3. The Morgan fingerprint density at radius 3 is 2.65 bits per heavy atom. The SMILES string of the molecule is Cc1cc(C)c(C#N)c(SCc2ccc(Cl)cc2Cl)[nH+]1. The van der Waals surface area contributed by atoms with Crippen molar-refractivity contribution in [1.29, 1.82) is 5.26 Å². The van der Waals surface area contributed by atoms with E-state index in [1.165, 1.54) is 0 Å². The lowest BCUT2D eigenvalue weighted by molar-refractivity contribution is -0.435. The number of H-pyrrole nitrogens is 1. The highest BCUT2D eigenvalue weighted by Gasteiger charge is 2.16. The smallest absolute Gasteiger partial charge is 0.202 e. The van der Waals surface area contributed by atoms with E-state index >= 15 is 0 Å². The molecule has 0 spiro atoms. The molecule has 5 heteroatoms. The molecular weight excluding hydrogens is 311 g/mol. The number of nitrogens with zero attached hydrogens (tertiary/aromatic N) is 1. The van der Waals surface area contributed by atoms with Gasteiger partial charge in [0.25, 0.3) is 5.03 Å². The first-order valence-corrected chi connectivity index (χ1v) is 7.75. The van der Waals surface area contributed by atoms with Crippen LogP contribution in [0, 0.1) is 25.2 Å². The molecule has 102 valence electrons. The van der Waals surface area contributed by atoms with Crippen LogP contribution in [0.3, 0.4) is 0 Å². The fourth-order valence-corrected chi connectivity index (χ4v) is 3.58. The second-order valence-electron chi connectivity index (χ2n) is 4.48. The quantitative estimate of drug-likeness (QED) is 0.775. The molecule has 0 atom stereocenters. The number of nitrogens with one attached hydrogen (secondary N) is 1. The van der Waals surface area contributed by atoms with Crippen LogP contribution >= 0.6 is 35.0 Å². The number of aromatic nitrogens is 1. The lowest BCUT2D eigenvalue weighted by Gasteiger charge is -2.04. The van der Waals surface area contributed by atoms with Crippen LogP contribution in [-0.2, 0) is 5.75 Å². The molecule has 0 amide bonds. The molecule has 1 N–H and O–H groups in total. The van der Waals surface area contributed by atoms with E-state index in [0.717, 1.165) is 21.8 Å². The monoisotopic (exact) mass is 323 g/mol. The van der Waals surface area contributed by atoms with Gasteiger partial charge in [0.15, 0.2) is 5.69 Å². The van der Waals surface area contributed by atoms with E-state index in [0.29, 0.717) is 21.4 Å². The fraction of sp³-hybridized carbons (Fsp3) is 0.200. The van der Waals surface area contributed by atoms with E-state index in [-0.39, 0.29) is 0 Å². The number of aryl methyl sites for hydroxylation is 2. The maximum absolute atomic E-state index is 9.25. The average Bonchev–Trinajstić information content (AvgIpc) is 2.37. The Balaban J connectivity index is 2.25. The van der Waals surface area contributed by atoms with Crippen molar-refractivity contribution in [3.05, 3.63) is 56.7 Å². The maximum Gasteiger partial charge on any atom is 0.257 e. The molecule has 0 saturated carbocycles. The van der Waals surface area contributed by atoms with Crippen molar-refractivity contribution in [2.24, 2.45) is 0 Å². The van der Waals surface area contributed by atoms with Crippen molar-refractivity contribution in [2.75, 3.05) is 0 Å². The molecule has 2 nitrogen and oxygen atoms in total. The molecule has 0 aliphatic rings. The van der Waals surface area contributed by atoms with Gasteiger partial charge in [-0.3, -0.25) is 0 Å². The summed E-state index contributed by atoms with van der Waals surface area (Å²) in [6.07, 6.45) is 0. The summed E-state index contributed by atoms with van der Waals surface area (Å²) in [6, 6.07) is 9.67. The highest BCUT2D eigenvalue weighted by atomic mass is 35.5. The first-order valence-electron chi connectivity index (χ1n) is 6.01. The summed E-state index contributed by atoms with van der Waals surface area (Å²) in [5.74, 6) is 0.685. The number of aromatic amines is 1. The molecular formula is C15H13Cl2N2S+. The molecule has 0 aliphatic carbocycles. The second-order valence-corrected chi connectivity index (χ2v) is 6.30. The lowest BCUT2D eigenvalue weighted by Crippen LogP contribution is -2.14. The van der Waals surface area contributed by atoms with Crippen LogP contribution in [0.5, 0.6) is 0 Å². The molecule has 0 fully saturated rings. The Bertz CT molecular complexity index is 693. The number of pyridine rings is 1. The van der Waals surface area contributed by atoms with Gasteiger partial charge in [0.2, 0.25) is 0 Å². The van der Waals surface area contributed by atoms with Crippen molar-refractivity contribution < 1.29 is 4.98 Å². The Labute approximate surface area is 132 Å². The Morgan fingerprint density at radius 1 is 1.25 bits per heavy atom. The minimum absolute atomic E-state index is 0.624. The van der Waals surface area contributed by atoms with Crippen LogP contribution in [0.15, 0.2) is 29.3 Å². The molecule has 0 radical (unpaired) electrons. The highest BCUT2D eigenvalue weighted by Crippen LogP contribution is 2.29. The number of nitriles is 1. The van der Waals surface area contributed by atoms with E-state index in [1.54, 1.807) is 17.8 Å². The van der Waals surface area contributed by atoms with E-state index in [9.17, 15) is 5.26 Å². The van der Waals surface area contributed by atoms with Crippen LogP contribution in [0.2, 0.25) is 10.0 Å². The van der Waals surface area contributed by atoms with E-state index in [4.69, 9.17) is 23.2 Å². The standard InChI is InChI=1S/C15H12Cl2N2S/c1-9-5-10(2)19-15(13(9)7-18)20-8-11-3-4-12(16)6-14(11)17/h3-6H,8H2,1-2H3/p+1. The first kappa shape index (κ1) is 15.2. The molecule has 0 saturated heterocycles. The molecule has 0 aliphatic heterocycles. The van der Waals surface area contributed by atoms with Crippen molar-refractivity contribution in [2.45, 2.75) is 24.6 Å². The Kier molecular flexibility index (Phi) is 4.93. The van der Waals surface area contributed by atoms with Crippen molar-refractivity contribution in [1.82, 2.24) is 0 Å². The van der Waals surface area contributed by atoms with Gasteiger partial charge in [-0.15, -0.1) is 0 Å². The lowest BCUT2D eigenvalue weighted by atomic mass is 10.1. The molecule has 2 rings (SSSR count). The highest BCUT2D eigenvalue weighted by molar-refractivity contribution is 7.98. The van der Waals surface area contributed by atoms with Gasteiger partial charge in [-0.25, -0.2) is 4.98 Å². The number of hydrogen-bond donors (Lipinski definition) is 0. The second kappa shape index (κ2) is 6.49. The molecule has 2 aromatic rings. The average molecular weight is 324 g/mol. The van der Waals surface area contributed by atoms with E-state index in [2.05, 4.69) is 11.1 Å². The largest absolute Gasteiger partial charge is 0.257 e. The summed E-state index contributed by atoms with van der Waals surface area (Å²) < 4.78 is 0. The van der Waals surface area contributed by atoms with Crippen LogP contribution < -0.4 is 4.98 Å². The fourth-order valence-electron chi connectivity index (χ4n) is 1.89.